The highest BCUT2D eigenvalue weighted by Gasteiger charge is 2.07. The largest absolute Gasteiger partial charge is 0.391 e. The predicted octanol–water partition coefficient (Wildman–Crippen LogP) is 2.08. The van der Waals surface area contributed by atoms with Gasteiger partial charge in [-0.3, -0.25) is 0 Å². The second kappa shape index (κ2) is 5.48. The highest BCUT2D eigenvalue weighted by molar-refractivity contribution is 9.10. The van der Waals surface area contributed by atoms with Gasteiger partial charge in [0.05, 0.1) is 10.6 Å². The summed E-state index contributed by atoms with van der Waals surface area (Å²) in [5.74, 6) is 0.595. The molecule has 1 aromatic rings. The molecule has 1 unspecified atom stereocenters. The van der Waals surface area contributed by atoms with Crippen LogP contribution in [0.15, 0.2) is 10.8 Å². The molecule has 0 bridgehead atoms. The fourth-order valence-corrected chi connectivity index (χ4v) is 1.31. The number of hydrogen-bond acceptors (Lipinski definition) is 4. The molecule has 0 aliphatic heterocycles. The molecule has 0 spiro atoms. The minimum absolute atomic E-state index is 0.355. The van der Waals surface area contributed by atoms with Crippen molar-refractivity contribution in [2.24, 2.45) is 0 Å². The summed E-state index contributed by atoms with van der Waals surface area (Å²) in [6.07, 6.45) is 1.69. The molecule has 0 saturated carbocycles. The van der Waals surface area contributed by atoms with Gasteiger partial charge >= 0.3 is 0 Å². The molecule has 0 aromatic carbocycles. The zero-order chi connectivity index (χ0) is 10.6. The summed E-state index contributed by atoms with van der Waals surface area (Å²) < 4.78 is 0.616. The van der Waals surface area contributed by atoms with E-state index in [9.17, 15) is 5.11 Å². The molecule has 0 saturated heterocycles. The third-order valence-electron chi connectivity index (χ3n) is 1.72. The van der Waals surface area contributed by atoms with Gasteiger partial charge in [-0.05, 0) is 22.4 Å². The first-order valence-corrected chi connectivity index (χ1v) is 5.40. The van der Waals surface area contributed by atoms with Gasteiger partial charge in [0.25, 0.3) is 0 Å². The van der Waals surface area contributed by atoms with Gasteiger partial charge in [0.15, 0.2) is 0 Å². The standard InChI is InChI=1S/C8H11BrClN3O/c1-2-5(14)3-11-8-6(9)7(10)12-4-13-8/h4-5,14H,2-3H2,1H3,(H,11,12,13). The van der Waals surface area contributed by atoms with Gasteiger partial charge in [0.2, 0.25) is 0 Å². The van der Waals surface area contributed by atoms with Crippen LogP contribution in [0.2, 0.25) is 5.15 Å². The smallest absolute Gasteiger partial charge is 0.148 e. The average molecular weight is 281 g/mol. The highest BCUT2D eigenvalue weighted by atomic mass is 79.9. The summed E-state index contributed by atoms with van der Waals surface area (Å²) in [7, 11) is 0. The van der Waals surface area contributed by atoms with Crippen molar-refractivity contribution in [3.05, 3.63) is 16.0 Å². The Hall–Kier alpha value is -0.390. The zero-order valence-corrected chi connectivity index (χ0v) is 10.0. The van der Waals surface area contributed by atoms with Crippen LogP contribution in [0.25, 0.3) is 0 Å². The first-order chi connectivity index (χ1) is 6.65. The Morgan fingerprint density at radius 3 is 3.00 bits per heavy atom. The van der Waals surface area contributed by atoms with Crippen molar-refractivity contribution in [1.82, 2.24) is 9.97 Å². The lowest BCUT2D eigenvalue weighted by Crippen LogP contribution is -2.19. The number of halogens is 2. The maximum atomic E-state index is 9.33. The molecule has 1 rings (SSSR count). The summed E-state index contributed by atoms with van der Waals surface area (Å²) in [6, 6.07) is 0. The van der Waals surface area contributed by atoms with Crippen molar-refractivity contribution in [3.63, 3.8) is 0 Å². The van der Waals surface area contributed by atoms with Crippen LogP contribution in [0, 0.1) is 0 Å². The van der Waals surface area contributed by atoms with Gasteiger partial charge in [-0.15, -0.1) is 0 Å². The van der Waals surface area contributed by atoms with Crippen LogP contribution in [-0.2, 0) is 0 Å². The Kier molecular flexibility index (Phi) is 4.57. The number of anilines is 1. The third-order valence-corrected chi connectivity index (χ3v) is 2.99. The van der Waals surface area contributed by atoms with Gasteiger partial charge in [-0.25, -0.2) is 9.97 Å². The summed E-state index contributed by atoms with van der Waals surface area (Å²) in [5, 5.41) is 12.7. The van der Waals surface area contributed by atoms with E-state index in [4.69, 9.17) is 11.6 Å². The van der Waals surface area contributed by atoms with Gasteiger partial charge in [-0.1, -0.05) is 18.5 Å². The molecule has 1 heterocycles. The lowest BCUT2D eigenvalue weighted by molar-refractivity contribution is 0.183. The number of aromatic nitrogens is 2. The fourth-order valence-electron chi connectivity index (χ4n) is 0.830. The number of nitrogens with one attached hydrogen (secondary N) is 1. The normalized spacial score (nSPS) is 12.6. The van der Waals surface area contributed by atoms with Crippen molar-refractivity contribution >= 4 is 33.3 Å². The number of hydrogen-bond donors (Lipinski definition) is 2. The molecule has 6 heteroatoms. The predicted molar refractivity (Wildman–Crippen MR) is 59.5 cm³/mol. The van der Waals surface area contributed by atoms with E-state index in [-0.39, 0.29) is 6.10 Å². The van der Waals surface area contributed by atoms with Crippen molar-refractivity contribution in [3.8, 4) is 0 Å². The molecular formula is C8H11BrClN3O. The van der Waals surface area contributed by atoms with Crippen LogP contribution in [0.5, 0.6) is 0 Å². The molecule has 14 heavy (non-hydrogen) atoms. The minimum Gasteiger partial charge on any atom is -0.391 e. The summed E-state index contributed by atoms with van der Waals surface area (Å²) in [5.41, 5.74) is 0. The van der Waals surface area contributed by atoms with E-state index in [1.165, 1.54) is 6.33 Å². The molecule has 1 aromatic heterocycles. The summed E-state index contributed by atoms with van der Waals surface area (Å²) in [6.45, 7) is 2.36. The molecule has 2 N–H and O–H groups in total. The summed E-state index contributed by atoms with van der Waals surface area (Å²) >= 11 is 9.01. The van der Waals surface area contributed by atoms with Gasteiger partial charge in [0, 0.05) is 6.54 Å². The number of rotatable bonds is 4. The molecule has 0 radical (unpaired) electrons. The van der Waals surface area contributed by atoms with E-state index in [0.717, 1.165) is 0 Å². The summed E-state index contributed by atoms with van der Waals surface area (Å²) in [4.78, 5) is 7.77. The van der Waals surface area contributed by atoms with Crippen LogP contribution in [0.1, 0.15) is 13.3 Å². The Balaban J connectivity index is 2.63. The second-order valence-electron chi connectivity index (χ2n) is 2.77. The van der Waals surface area contributed by atoms with Crippen LogP contribution in [0.3, 0.4) is 0 Å². The maximum Gasteiger partial charge on any atom is 0.148 e. The van der Waals surface area contributed by atoms with E-state index in [2.05, 4.69) is 31.2 Å². The Labute approximate surface area is 95.8 Å². The molecule has 78 valence electrons. The Bertz CT molecular complexity index is 311. The molecule has 4 nitrogen and oxygen atoms in total. The number of aliphatic hydroxyl groups is 1. The first kappa shape index (κ1) is 11.7. The Morgan fingerprint density at radius 2 is 2.36 bits per heavy atom. The van der Waals surface area contributed by atoms with E-state index in [1.54, 1.807) is 0 Å². The van der Waals surface area contributed by atoms with Gasteiger partial charge < -0.3 is 10.4 Å². The Morgan fingerprint density at radius 1 is 1.64 bits per heavy atom. The van der Waals surface area contributed by atoms with E-state index >= 15 is 0 Å². The maximum absolute atomic E-state index is 9.33. The van der Waals surface area contributed by atoms with Crippen molar-refractivity contribution in [2.75, 3.05) is 11.9 Å². The van der Waals surface area contributed by atoms with E-state index in [1.807, 2.05) is 6.92 Å². The van der Waals surface area contributed by atoms with Crippen molar-refractivity contribution in [2.45, 2.75) is 19.4 Å². The first-order valence-electron chi connectivity index (χ1n) is 4.23. The topological polar surface area (TPSA) is 58.0 Å². The molecule has 0 amide bonds. The molecule has 0 aliphatic rings. The van der Waals surface area contributed by atoms with Crippen LogP contribution >= 0.6 is 27.5 Å². The quantitative estimate of drug-likeness (QED) is 0.829. The monoisotopic (exact) mass is 279 g/mol. The second-order valence-corrected chi connectivity index (χ2v) is 3.92. The number of aliphatic hydroxyl groups excluding tert-OH is 1. The lowest BCUT2D eigenvalue weighted by Gasteiger charge is -2.10. The van der Waals surface area contributed by atoms with Crippen LogP contribution < -0.4 is 5.32 Å². The van der Waals surface area contributed by atoms with E-state index in [0.29, 0.717) is 28.4 Å². The van der Waals surface area contributed by atoms with Crippen molar-refractivity contribution in [1.29, 1.82) is 0 Å². The molecule has 1 atom stereocenters. The highest BCUT2D eigenvalue weighted by Crippen LogP contribution is 2.25. The van der Waals surface area contributed by atoms with Gasteiger partial charge in [-0.2, -0.15) is 0 Å². The van der Waals surface area contributed by atoms with Crippen molar-refractivity contribution < 1.29 is 5.11 Å². The van der Waals surface area contributed by atoms with Gasteiger partial charge in [0.1, 0.15) is 17.3 Å². The van der Waals surface area contributed by atoms with Crippen LogP contribution in [0.4, 0.5) is 5.82 Å². The average Bonchev–Trinajstić information content (AvgIpc) is 2.20. The molecular weight excluding hydrogens is 269 g/mol. The lowest BCUT2D eigenvalue weighted by atomic mass is 10.3. The third kappa shape index (κ3) is 3.08. The number of nitrogens with zero attached hydrogens (tertiary/aromatic N) is 2. The fraction of sp³-hybridized carbons (Fsp3) is 0.500. The molecule has 0 aliphatic carbocycles. The molecule has 0 fully saturated rings. The van der Waals surface area contributed by atoms with E-state index < -0.39 is 0 Å². The zero-order valence-electron chi connectivity index (χ0n) is 7.67. The van der Waals surface area contributed by atoms with Crippen LogP contribution in [-0.4, -0.2) is 27.7 Å². The SMILES string of the molecule is CCC(O)CNc1ncnc(Cl)c1Br. The minimum atomic E-state index is -0.379.